The predicted octanol–water partition coefficient (Wildman–Crippen LogP) is 1.58. The Morgan fingerprint density at radius 2 is 2.14 bits per heavy atom. The summed E-state index contributed by atoms with van der Waals surface area (Å²) in [5.74, 6) is 0.744. The first-order chi connectivity index (χ1) is 6.66. The normalized spacial score (nSPS) is 34.4. The molecule has 1 N–H and O–H groups in total. The van der Waals surface area contributed by atoms with E-state index in [4.69, 9.17) is 5.11 Å². The lowest BCUT2D eigenvalue weighted by Gasteiger charge is -2.35. The molecule has 2 atom stereocenters. The number of nitrogens with zero attached hydrogens (tertiary/aromatic N) is 1. The van der Waals surface area contributed by atoms with E-state index in [1.807, 2.05) is 0 Å². The van der Waals surface area contributed by atoms with Crippen LogP contribution in [-0.4, -0.2) is 35.1 Å². The second-order valence-corrected chi connectivity index (χ2v) is 4.92. The molecule has 3 heteroatoms. The summed E-state index contributed by atoms with van der Waals surface area (Å²) >= 11 is 0. The molecule has 3 nitrogen and oxygen atoms in total. The van der Waals surface area contributed by atoms with Gasteiger partial charge in [-0.05, 0) is 44.1 Å². The van der Waals surface area contributed by atoms with Crippen LogP contribution in [0.4, 0.5) is 0 Å². The maximum absolute atomic E-state index is 11.1. The van der Waals surface area contributed by atoms with Crippen LogP contribution in [0.3, 0.4) is 0 Å². The van der Waals surface area contributed by atoms with Crippen molar-refractivity contribution in [2.45, 2.75) is 38.6 Å². The Morgan fingerprint density at radius 1 is 1.43 bits per heavy atom. The second kappa shape index (κ2) is 3.89. The Morgan fingerprint density at radius 3 is 2.71 bits per heavy atom. The van der Waals surface area contributed by atoms with Crippen LogP contribution in [0.25, 0.3) is 0 Å². The first-order valence-corrected chi connectivity index (χ1v) is 5.63. The third-order valence-corrected chi connectivity index (χ3v) is 3.45. The average molecular weight is 197 g/mol. The van der Waals surface area contributed by atoms with Gasteiger partial charge in [0.2, 0.25) is 0 Å². The molecule has 1 heterocycles. The van der Waals surface area contributed by atoms with Crippen LogP contribution in [0.2, 0.25) is 0 Å². The average Bonchev–Trinajstić information content (AvgIpc) is 2.91. The van der Waals surface area contributed by atoms with Crippen molar-refractivity contribution in [1.82, 2.24) is 4.90 Å². The molecular weight excluding hydrogens is 178 g/mol. The van der Waals surface area contributed by atoms with E-state index in [-0.39, 0.29) is 6.04 Å². The predicted molar refractivity (Wildman–Crippen MR) is 54.1 cm³/mol. The fraction of sp³-hybridized carbons (Fsp3) is 0.909. The molecule has 1 aliphatic heterocycles. The fourth-order valence-electron chi connectivity index (χ4n) is 2.30. The van der Waals surface area contributed by atoms with E-state index in [1.54, 1.807) is 0 Å². The van der Waals surface area contributed by atoms with Crippen molar-refractivity contribution in [3.63, 3.8) is 0 Å². The standard InChI is InChI=1S/C11H19NO2/c1-8-4-5-12(7-9-2-3-9)10(6-8)11(13)14/h8-10H,2-7H2,1H3,(H,13,14). The number of hydrogen-bond acceptors (Lipinski definition) is 2. The van der Waals surface area contributed by atoms with E-state index >= 15 is 0 Å². The molecule has 2 rings (SSSR count). The molecule has 0 aromatic carbocycles. The number of likely N-dealkylation sites (tertiary alicyclic amines) is 1. The molecule has 80 valence electrons. The molecule has 0 spiro atoms. The maximum Gasteiger partial charge on any atom is 0.320 e. The third-order valence-electron chi connectivity index (χ3n) is 3.45. The maximum atomic E-state index is 11.1. The van der Waals surface area contributed by atoms with Gasteiger partial charge in [0.05, 0.1) is 0 Å². The van der Waals surface area contributed by atoms with Crippen LogP contribution in [0, 0.1) is 11.8 Å². The van der Waals surface area contributed by atoms with Crippen molar-refractivity contribution >= 4 is 5.97 Å². The molecule has 2 fully saturated rings. The number of aliphatic carboxylic acids is 1. The number of piperidine rings is 1. The van der Waals surface area contributed by atoms with Crippen molar-refractivity contribution in [1.29, 1.82) is 0 Å². The SMILES string of the molecule is CC1CCN(CC2CC2)C(C(=O)O)C1. The van der Waals surface area contributed by atoms with Gasteiger partial charge >= 0.3 is 5.97 Å². The molecule has 0 amide bonds. The summed E-state index contributed by atoms with van der Waals surface area (Å²) in [6, 6.07) is -0.209. The Labute approximate surface area is 85.1 Å². The summed E-state index contributed by atoms with van der Waals surface area (Å²) in [5.41, 5.74) is 0. The van der Waals surface area contributed by atoms with Gasteiger partial charge < -0.3 is 5.11 Å². The lowest BCUT2D eigenvalue weighted by Crippen LogP contribution is -2.47. The van der Waals surface area contributed by atoms with Gasteiger partial charge in [-0.2, -0.15) is 0 Å². The first kappa shape index (κ1) is 9.97. The smallest absolute Gasteiger partial charge is 0.320 e. The molecule has 0 bridgehead atoms. The molecule has 1 aliphatic carbocycles. The highest BCUT2D eigenvalue weighted by Crippen LogP contribution is 2.32. The molecule has 14 heavy (non-hydrogen) atoms. The summed E-state index contributed by atoms with van der Waals surface area (Å²) < 4.78 is 0. The third kappa shape index (κ3) is 2.27. The van der Waals surface area contributed by atoms with Gasteiger partial charge in [-0.3, -0.25) is 9.69 Å². The van der Waals surface area contributed by atoms with E-state index in [1.165, 1.54) is 12.8 Å². The highest BCUT2D eigenvalue weighted by atomic mass is 16.4. The van der Waals surface area contributed by atoms with Crippen LogP contribution < -0.4 is 0 Å². The van der Waals surface area contributed by atoms with E-state index in [0.29, 0.717) is 5.92 Å². The van der Waals surface area contributed by atoms with Gasteiger partial charge in [0.25, 0.3) is 0 Å². The quantitative estimate of drug-likeness (QED) is 0.746. The van der Waals surface area contributed by atoms with Crippen LogP contribution in [-0.2, 0) is 4.79 Å². The largest absolute Gasteiger partial charge is 0.480 e. The molecule has 1 saturated heterocycles. The number of carboxylic acid groups (broad SMARTS) is 1. The lowest BCUT2D eigenvalue weighted by molar-refractivity contribution is -0.145. The first-order valence-electron chi connectivity index (χ1n) is 5.63. The summed E-state index contributed by atoms with van der Waals surface area (Å²) in [7, 11) is 0. The highest BCUT2D eigenvalue weighted by Gasteiger charge is 2.35. The number of carbonyl (C=O) groups is 1. The zero-order valence-electron chi connectivity index (χ0n) is 8.78. The molecule has 2 aliphatic rings. The summed E-state index contributed by atoms with van der Waals surface area (Å²) in [6.07, 6.45) is 4.61. The van der Waals surface area contributed by atoms with Crippen LogP contribution in [0.5, 0.6) is 0 Å². The van der Waals surface area contributed by atoms with Gasteiger partial charge in [-0.25, -0.2) is 0 Å². The minimum atomic E-state index is -0.628. The molecule has 1 saturated carbocycles. The number of hydrogen-bond donors (Lipinski definition) is 1. The Bertz CT molecular complexity index is 225. The molecule has 0 aromatic rings. The van der Waals surface area contributed by atoms with E-state index in [2.05, 4.69) is 11.8 Å². The molecule has 2 unspecified atom stereocenters. The zero-order valence-corrected chi connectivity index (χ0v) is 8.78. The fourth-order valence-corrected chi connectivity index (χ4v) is 2.30. The van der Waals surface area contributed by atoms with E-state index in [9.17, 15) is 4.79 Å². The highest BCUT2D eigenvalue weighted by molar-refractivity contribution is 5.73. The minimum absolute atomic E-state index is 0.209. The van der Waals surface area contributed by atoms with Crippen molar-refractivity contribution < 1.29 is 9.90 Å². The minimum Gasteiger partial charge on any atom is -0.480 e. The Balaban J connectivity index is 1.93. The summed E-state index contributed by atoms with van der Waals surface area (Å²) in [5, 5.41) is 9.12. The van der Waals surface area contributed by atoms with Crippen molar-refractivity contribution in [3.05, 3.63) is 0 Å². The van der Waals surface area contributed by atoms with Gasteiger partial charge in [-0.1, -0.05) is 6.92 Å². The van der Waals surface area contributed by atoms with Crippen LogP contribution >= 0.6 is 0 Å². The molecule has 0 radical (unpaired) electrons. The number of rotatable bonds is 3. The lowest BCUT2D eigenvalue weighted by atomic mass is 9.92. The number of carboxylic acids is 1. The van der Waals surface area contributed by atoms with Gasteiger partial charge in [-0.15, -0.1) is 0 Å². The monoisotopic (exact) mass is 197 g/mol. The van der Waals surface area contributed by atoms with Crippen molar-refractivity contribution in [2.75, 3.05) is 13.1 Å². The Hall–Kier alpha value is -0.570. The second-order valence-electron chi connectivity index (χ2n) is 4.92. The molecular formula is C11H19NO2. The topological polar surface area (TPSA) is 40.5 Å². The van der Waals surface area contributed by atoms with Gasteiger partial charge in [0, 0.05) is 6.54 Å². The summed E-state index contributed by atoms with van der Waals surface area (Å²) in [4.78, 5) is 13.3. The van der Waals surface area contributed by atoms with E-state index in [0.717, 1.165) is 31.8 Å². The van der Waals surface area contributed by atoms with Crippen LogP contribution in [0.15, 0.2) is 0 Å². The Kier molecular flexibility index (Phi) is 2.77. The zero-order chi connectivity index (χ0) is 10.1. The van der Waals surface area contributed by atoms with E-state index < -0.39 is 5.97 Å². The van der Waals surface area contributed by atoms with Gasteiger partial charge in [0.1, 0.15) is 6.04 Å². The van der Waals surface area contributed by atoms with Gasteiger partial charge in [0.15, 0.2) is 0 Å². The summed E-state index contributed by atoms with van der Waals surface area (Å²) in [6.45, 7) is 4.16. The van der Waals surface area contributed by atoms with Crippen molar-refractivity contribution in [2.24, 2.45) is 11.8 Å². The van der Waals surface area contributed by atoms with Crippen molar-refractivity contribution in [3.8, 4) is 0 Å². The van der Waals surface area contributed by atoms with Crippen LogP contribution in [0.1, 0.15) is 32.6 Å². The molecule has 0 aromatic heterocycles.